The minimum absolute atomic E-state index is 0.234. The van der Waals surface area contributed by atoms with E-state index in [2.05, 4.69) is 0 Å². The van der Waals surface area contributed by atoms with Crippen molar-refractivity contribution < 1.29 is 24.1 Å². The van der Waals surface area contributed by atoms with Gasteiger partial charge in [-0.05, 0) is 36.6 Å². The zero-order chi connectivity index (χ0) is 21.1. The topological polar surface area (TPSA) is 94.2 Å². The Balaban J connectivity index is 2.03. The summed E-state index contributed by atoms with van der Waals surface area (Å²) in [7, 11) is 3.05. The number of para-hydroxylation sites is 1. The van der Waals surface area contributed by atoms with Gasteiger partial charge in [-0.25, -0.2) is 0 Å². The predicted octanol–water partition coefficient (Wildman–Crippen LogP) is 3.07. The Hall–Kier alpha value is -2.61. The number of nitrogens with zero attached hydrogens (tertiary/aromatic N) is 1. The maximum atomic E-state index is 13.3. The highest BCUT2D eigenvalue weighted by atomic mass is 16.5. The zero-order valence-electron chi connectivity index (χ0n) is 17.2. The fourth-order valence-electron chi connectivity index (χ4n) is 3.49. The van der Waals surface area contributed by atoms with Gasteiger partial charge in [0.25, 0.3) is 5.91 Å². The Morgan fingerprint density at radius 1 is 1.10 bits per heavy atom. The standard InChI is InChI=1S/C22H28N2O5/c1-13(2)10-17(25)20(23)29-22-16-12-19(28-4)18(27-3)11-15(16)21(26)24(22)14-8-6-5-7-9-14/h5-9,11-13,17,20,22,25H,10,23H2,1-4H3. The van der Waals surface area contributed by atoms with Gasteiger partial charge in [-0.2, -0.15) is 0 Å². The van der Waals surface area contributed by atoms with E-state index in [1.165, 1.54) is 19.1 Å². The van der Waals surface area contributed by atoms with Crippen LogP contribution in [-0.4, -0.2) is 37.6 Å². The van der Waals surface area contributed by atoms with E-state index in [-0.39, 0.29) is 11.8 Å². The van der Waals surface area contributed by atoms with E-state index in [9.17, 15) is 9.90 Å². The van der Waals surface area contributed by atoms with Crippen molar-refractivity contribution in [3.63, 3.8) is 0 Å². The molecule has 0 spiro atoms. The lowest BCUT2D eigenvalue weighted by Crippen LogP contribution is -2.42. The van der Waals surface area contributed by atoms with Crippen LogP contribution in [0.15, 0.2) is 42.5 Å². The molecule has 3 rings (SSSR count). The number of rotatable bonds is 8. The molecule has 0 aliphatic carbocycles. The van der Waals surface area contributed by atoms with Crippen LogP contribution in [0.5, 0.6) is 11.5 Å². The number of fused-ring (bicyclic) bond motifs is 1. The number of amides is 1. The molecule has 1 amide bonds. The molecule has 2 aromatic rings. The van der Waals surface area contributed by atoms with E-state index in [1.54, 1.807) is 12.1 Å². The van der Waals surface area contributed by atoms with Crippen molar-refractivity contribution in [1.29, 1.82) is 0 Å². The average Bonchev–Trinajstić information content (AvgIpc) is 2.97. The first-order valence-corrected chi connectivity index (χ1v) is 9.61. The minimum atomic E-state index is -0.958. The van der Waals surface area contributed by atoms with E-state index in [0.29, 0.717) is 34.7 Å². The van der Waals surface area contributed by atoms with Crippen LogP contribution in [0.3, 0.4) is 0 Å². The molecule has 7 nitrogen and oxygen atoms in total. The Morgan fingerprint density at radius 3 is 2.31 bits per heavy atom. The molecular formula is C22H28N2O5. The molecule has 1 aliphatic heterocycles. The molecule has 29 heavy (non-hydrogen) atoms. The zero-order valence-corrected chi connectivity index (χ0v) is 17.2. The van der Waals surface area contributed by atoms with Crippen molar-refractivity contribution >= 4 is 11.6 Å². The van der Waals surface area contributed by atoms with Gasteiger partial charge in [0.1, 0.15) is 6.23 Å². The van der Waals surface area contributed by atoms with Gasteiger partial charge in [-0.3, -0.25) is 9.69 Å². The Bertz CT molecular complexity index is 856. The number of anilines is 1. The molecule has 2 aromatic carbocycles. The van der Waals surface area contributed by atoms with Crippen molar-refractivity contribution in [2.24, 2.45) is 11.7 Å². The van der Waals surface area contributed by atoms with Gasteiger partial charge in [0.05, 0.1) is 25.9 Å². The second-order valence-corrected chi connectivity index (χ2v) is 7.46. The van der Waals surface area contributed by atoms with Crippen molar-refractivity contribution in [1.82, 2.24) is 0 Å². The van der Waals surface area contributed by atoms with Crippen LogP contribution in [0.1, 0.15) is 42.4 Å². The molecule has 3 atom stereocenters. The minimum Gasteiger partial charge on any atom is -0.493 e. The highest BCUT2D eigenvalue weighted by Crippen LogP contribution is 2.43. The second kappa shape index (κ2) is 8.82. The molecule has 1 aliphatic rings. The lowest BCUT2D eigenvalue weighted by Gasteiger charge is -2.30. The van der Waals surface area contributed by atoms with E-state index in [4.69, 9.17) is 19.9 Å². The number of carbonyl (C=O) groups is 1. The molecule has 3 N–H and O–H groups in total. The monoisotopic (exact) mass is 400 g/mol. The van der Waals surface area contributed by atoms with Crippen LogP contribution in [0.4, 0.5) is 5.69 Å². The van der Waals surface area contributed by atoms with Crippen molar-refractivity contribution in [3.8, 4) is 11.5 Å². The van der Waals surface area contributed by atoms with Gasteiger partial charge in [-0.15, -0.1) is 0 Å². The number of methoxy groups -OCH3 is 2. The van der Waals surface area contributed by atoms with Crippen molar-refractivity contribution in [2.45, 2.75) is 38.8 Å². The summed E-state index contributed by atoms with van der Waals surface area (Å²) in [6.07, 6.45) is -2.12. The number of nitrogens with two attached hydrogens (primary N) is 1. The van der Waals surface area contributed by atoms with Gasteiger partial charge < -0.3 is 25.1 Å². The lowest BCUT2D eigenvalue weighted by molar-refractivity contribution is -0.0772. The molecule has 0 bridgehead atoms. The van der Waals surface area contributed by atoms with Crippen LogP contribution in [0, 0.1) is 5.92 Å². The van der Waals surface area contributed by atoms with Crippen molar-refractivity contribution in [3.05, 3.63) is 53.6 Å². The molecule has 156 valence electrons. The highest BCUT2D eigenvalue weighted by Gasteiger charge is 2.41. The summed E-state index contributed by atoms with van der Waals surface area (Å²) < 4.78 is 16.8. The van der Waals surface area contributed by atoms with Crippen LogP contribution >= 0.6 is 0 Å². The number of aliphatic hydroxyl groups is 1. The molecule has 0 saturated carbocycles. The molecule has 0 saturated heterocycles. The number of hydrogen-bond donors (Lipinski definition) is 2. The van der Waals surface area contributed by atoms with Gasteiger partial charge in [-0.1, -0.05) is 32.0 Å². The largest absolute Gasteiger partial charge is 0.493 e. The Labute approximate surface area is 171 Å². The first-order valence-electron chi connectivity index (χ1n) is 9.61. The third kappa shape index (κ3) is 4.22. The number of carbonyl (C=O) groups excluding carboxylic acids is 1. The first-order chi connectivity index (χ1) is 13.9. The van der Waals surface area contributed by atoms with E-state index in [0.717, 1.165) is 0 Å². The average molecular weight is 400 g/mol. The third-order valence-electron chi connectivity index (χ3n) is 4.92. The molecule has 0 radical (unpaired) electrons. The normalized spacial score (nSPS) is 18.0. The SMILES string of the molecule is COc1cc2c(cc1OC)C(OC(N)C(O)CC(C)C)N(c1ccccc1)C2=O. The van der Waals surface area contributed by atoms with E-state index < -0.39 is 18.6 Å². The number of aliphatic hydroxyl groups excluding tert-OH is 1. The molecule has 3 unspecified atom stereocenters. The predicted molar refractivity (Wildman–Crippen MR) is 110 cm³/mol. The molecule has 0 aromatic heterocycles. The Morgan fingerprint density at radius 2 is 1.72 bits per heavy atom. The van der Waals surface area contributed by atoms with Gasteiger partial charge in [0.15, 0.2) is 17.7 Å². The fourth-order valence-corrected chi connectivity index (χ4v) is 3.49. The smallest absolute Gasteiger partial charge is 0.261 e. The van der Waals surface area contributed by atoms with Gasteiger partial charge >= 0.3 is 0 Å². The number of benzene rings is 2. The lowest BCUT2D eigenvalue weighted by atomic mass is 10.0. The molecule has 1 heterocycles. The summed E-state index contributed by atoms with van der Waals surface area (Å²) in [5.41, 5.74) is 7.88. The maximum absolute atomic E-state index is 13.3. The van der Waals surface area contributed by atoms with Crippen LogP contribution in [0.2, 0.25) is 0 Å². The van der Waals surface area contributed by atoms with Crippen LogP contribution in [-0.2, 0) is 4.74 Å². The van der Waals surface area contributed by atoms with Gasteiger partial charge in [0.2, 0.25) is 0 Å². The summed E-state index contributed by atoms with van der Waals surface area (Å²) in [5.74, 6) is 0.964. The Kier molecular flexibility index (Phi) is 6.42. The van der Waals surface area contributed by atoms with E-state index in [1.807, 2.05) is 44.2 Å². The molecule has 0 fully saturated rings. The summed E-state index contributed by atoms with van der Waals surface area (Å²) in [4.78, 5) is 14.8. The van der Waals surface area contributed by atoms with E-state index >= 15 is 0 Å². The third-order valence-corrected chi connectivity index (χ3v) is 4.92. The molecule has 7 heteroatoms. The number of hydrogen-bond acceptors (Lipinski definition) is 6. The summed E-state index contributed by atoms with van der Waals surface area (Å²) in [5, 5.41) is 10.4. The summed E-state index contributed by atoms with van der Waals surface area (Å²) >= 11 is 0. The molecular weight excluding hydrogens is 372 g/mol. The quantitative estimate of drug-likeness (QED) is 0.662. The van der Waals surface area contributed by atoms with Crippen molar-refractivity contribution in [2.75, 3.05) is 19.1 Å². The van der Waals surface area contributed by atoms with Crippen LogP contribution in [0.25, 0.3) is 0 Å². The maximum Gasteiger partial charge on any atom is 0.261 e. The fraction of sp³-hybridized carbons (Fsp3) is 0.409. The highest BCUT2D eigenvalue weighted by molar-refractivity contribution is 6.11. The first kappa shape index (κ1) is 21.1. The van der Waals surface area contributed by atoms with Crippen LogP contribution < -0.4 is 20.1 Å². The summed E-state index contributed by atoms with van der Waals surface area (Å²) in [6, 6.07) is 12.6. The van der Waals surface area contributed by atoms with Gasteiger partial charge in [0, 0.05) is 11.3 Å². The number of ether oxygens (including phenoxy) is 3. The second-order valence-electron chi connectivity index (χ2n) is 7.46. The summed E-state index contributed by atoms with van der Waals surface area (Å²) in [6.45, 7) is 4.00.